The van der Waals surface area contributed by atoms with Gasteiger partial charge in [0.1, 0.15) is 0 Å². The van der Waals surface area contributed by atoms with Crippen molar-refractivity contribution in [3.8, 4) is 0 Å². The number of aryl methyl sites for hydroxylation is 1. The van der Waals surface area contributed by atoms with E-state index < -0.39 is 15.6 Å². The van der Waals surface area contributed by atoms with Gasteiger partial charge in [0.25, 0.3) is 0 Å². The number of sulfonamides is 1. The molecule has 6 heteroatoms. The van der Waals surface area contributed by atoms with Crippen LogP contribution in [0.4, 0.5) is 0 Å². The Morgan fingerprint density at radius 2 is 1.86 bits per heavy atom. The van der Waals surface area contributed by atoms with E-state index in [0.29, 0.717) is 18.0 Å². The van der Waals surface area contributed by atoms with Crippen molar-refractivity contribution < 1.29 is 13.2 Å². The summed E-state index contributed by atoms with van der Waals surface area (Å²) < 4.78 is 33.1. The number of ether oxygens (including phenoxy) is 1. The highest BCUT2D eigenvalue weighted by atomic mass is 32.2. The molecule has 0 aliphatic rings. The maximum absolute atomic E-state index is 12.7. The van der Waals surface area contributed by atoms with Crippen LogP contribution in [0.3, 0.4) is 0 Å². The minimum atomic E-state index is -3.59. The lowest BCUT2D eigenvalue weighted by Gasteiger charge is -2.26. The smallest absolute Gasteiger partial charge is 0.241 e. The Bertz CT molecular complexity index is 595. The molecule has 0 unspecified atom stereocenters. The Balaban J connectivity index is 3.24. The van der Waals surface area contributed by atoms with E-state index in [1.165, 1.54) is 0 Å². The number of methoxy groups -OCH3 is 1. The van der Waals surface area contributed by atoms with Gasteiger partial charge in [-0.3, -0.25) is 0 Å². The van der Waals surface area contributed by atoms with E-state index in [1.807, 2.05) is 27.0 Å². The normalized spacial score (nSPS) is 12.7. The highest BCUT2D eigenvalue weighted by Crippen LogP contribution is 2.22. The van der Waals surface area contributed by atoms with E-state index in [1.54, 1.807) is 27.0 Å². The van der Waals surface area contributed by atoms with Crippen molar-refractivity contribution in [1.29, 1.82) is 0 Å². The Kier molecular flexibility index (Phi) is 5.92. The summed E-state index contributed by atoms with van der Waals surface area (Å²) in [5.41, 5.74) is 2.03. The molecule has 0 saturated carbocycles. The van der Waals surface area contributed by atoms with Crippen LogP contribution in [0.15, 0.2) is 17.0 Å². The molecular formula is C15H26N2O3S. The first kappa shape index (κ1) is 18.1. The molecule has 2 N–H and O–H groups in total. The van der Waals surface area contributed by atoms with E-state index in [4.69, 9.17) is 4.74 Å². The Morgan fingerprint density at radius 3 is 2.38 bits per heavy atom. The molecule has 0 amide bonds. The van der Waals surface area contributed by atoms with Gasteiger partial charge in [-0.25, -0.2) is 13.1 Å². The Labute approximate surface area is 128 Å². The number of rotatable bonds is 7. The van der Waals surface area contributed by atoms with Crippen molar-refractivity contribution in [2.24, 2.45) is 0 Å². The topological polar surface area (TPSA) is 67.4 Å². The zero-order valence-corrected chi connectivity index (χ0v) is 14.5. The molecular weight excluding hydrogens is 288 g/mol. The van der Waals surface area contributed by atoms with Gasteiger partial charge < -0.3 is 10.1 Å². The third kappa shape index (κ3) is 4.78. The molecule has 120 valence electrons. The predicted octanol–water partition coefficient (Wildman–Crippen LogP) is 1.73. The highest BCUT2D eigenvalue weighted by Gasteiger charge is 2.28. The van der Waals surface area contributed by atoms with Crippen molar-refractivity contribution in [3.05, 3.63) is 28.8 Å². The molecule has 0 aliphatic carbocycles. The van der Waals surface area contributed by atoms with E-state index in [9.17, 15) is 8.42 Å². The number of benzene rings is 1. The first-order chi connectivity index (χ1) is 9.63. The van der Waals surface area contributed by atoms with Crippen LogP contribution >= 0.6 is 0 Å². The van der Waals surface area contributed by atoms with Gasteiger partial charge in [-0.2, -0.15) is 0 Å². The van der Waals surface area contributed by atoms with Gasteiger partial charge in [0.05, 0.1) is 17.0 Å². The van der Waals surface area contributed by atoms with Crippen molar-refractivity contribution in [1.82, 2.24) is 10.0 Å². The van der Waals surface area contributed by atoms with Crippen LogP contribution < -0.4 is 10.0 Å². The van der Waals surface area contributed by atoms with Crippen molar-refractivity contribution >= 4 is 10.0 Å². The first-order valence-electron chi connectivity index (χ1n) is 6.90. The summed E-state index contributed by atoms with van der Waals surface area (Å²) in [6.07, 6.45) is 0. The zero-order chi connectivity index (χ0) is 16.3. The van der Waals surface area contributed by atoms with Gasteiger partial charge in [-0.15, -0.1) is 0 Å². The summed E-state index contributed by atoms with van der Waals surface area (Å²) in [7, 11) is -0.201. The molecule has 0 aliphatic heterocycles. The molecule has 0 bridgehead atoms. The van der Waals surface area contributed by atoms with Gasteiger partial charge in [-0.1, -0.05) is 6.07 Å². The monoisotopic (exact) mass is 314 g/mol. The maximum Gasteiger partial charge on any atom is 0.241 e. The minimum absolute atomic E-state index is 0.306. The minimum Gasteiger partial charge on any atom is -0.383 e. The molecule has 0 spiro atoms. The lowest BCUT2D eigenvalue weighted by Crippen LogP contribution is -2.46. The molecule has 1 rings (SSSR count). The van der Waals surface area contributed by atoms with Crippen molar-refractivity contribution in [2.45, 2.75) is 44.7 Å². The third-order valence-corrected chi connectivity index (χ3v) is 5.09. The van der Waals surface area contributed by atoms with Crippen LogP contribution in [0.1, 0.15) is 30.5 Å². The Hall–Kier alpha value is -0.950. The van der Waals surface area contributed by atoms with E-state index in [2.05, 4.69) is 10.0 Å². The summed E-state index contributed by atoms with van der Waals surface area (Å²) in [5, 5.41) is 3.04. The maximum atomic E-state index is 12.7. The molecule has 0 saturated heterocycles. The molecule has 0 aromatic heterocycles. The fourth-order valence-corrected chi connectivity index (χ4v) is 4.06. The number of hydrogen-bond donors (Lipinski definition) is 2. The van der Waals surface area contributed by atoms with Gasteiger partial charge >= 0.3 is 0 Å². The van der Waals surface area contributed by atoms with E-state index >= 15 is 0 Å². The van der Waals surface area contributed by atoms with E-state index in [0.717, 1.165) is 16.7 Å². The van der Waals surface area contributed by atoms with Crippen LogP contribution in [-0.2, 0) is 21.3 Å². The molecule has 5 nitrogen and oxygen atoms in total. The molecule has 0 radical (unpaired) electrons. The molecule has 1 aromatic rings. The molecule has 0 atom stereocenters. The van der Waals surface area contributed by atoms with Crippen LogP contribution in [-0.4, -0.2) is 34.7 Å². The quantitative estimate of drug-likeness (QED) is 0.804. The zero-order valence-electron chi connectivity index (χ0n) is 13.7. The Morgan fingerprint density at radius 1 is 1.24 bits per heavy atom. The average molecular weight is 314 g/mol. The summed E-state index contributed by atoms with van der Waals surface area (Å²) in [6, 6.07) is 3.73. The second-order valence-corrected chi connectivity index (χ2v) is 7.64. The highest BCUT2D eigenvalue weighted by molar-refractivity contribution is 7.89. The molecule has 0 fully saturated rings. The predicted molar refractivity (Wildman–Crippen MR) is 85.0 cm³/mol. The fraction of sp³-hybridized carbons (Fsp3) is 0.600. The van der Waals surface area contributed by atoms with Gasteiger partial charge in [0.2, 0.25) is 10.0 Å². The van der Waals surface area contributed by atoms with Gasteiger partial charge in [0.15, 0.2) is 0 Å². The number of nitrogens with one attached hydrogen (secondary N) is 2. The standard InChI is InChI=1S/C15H26N2O3S/c1-11-7-13(9-16-5)8-14(12(11)2)21(18,19)17-15(3,4)10-20-6/h7-8,16-17H,9-10H2,1-6H3. The fourth-order valence-electron chi connectivity index (χ4n) is 2.29. The summed E-state index contributed by atoms with van der Waals surface area (Å²) in [5.74, 6) is 0. The van der Waals surface area contributed by atoms with Crippen LogP contribution in [0, 0.1) is 13.8 Å². The largest absolute Gasteiger partial charge is 0.383 e. The molecule has 21 heavy (non-hydrogen) atoms. The summed E-state index contributed by atoms with van der Waals surface area (Å²) in [6.45, 7) is 8.29. The van der Waals surface area contributed by atoms with Crippen molar-refractivity contribution in [3.63, 3.8) is 0 Å². The number of hydrogen-bond acceptors (Lipinski definition) is 4. The lowest BCUT2D eigenvalue weighted by molar-refractivity contribution is 0.141. The van der Waals surface area contributed by atoms with Gasteiger partial charge in [0, 0.05) is 13.7 Å². The molecule has 0 heterocycles. The van der Waals surface area contributed by atoms with E-state index in [-0.39, 0.29) is 0 Å². The molecule has 1 aromatic carbocycles. The summed E-state index contributed by atoms with van der Waals surface area (Å²) in [4.78, 5) is 0.330. The van der Waals surface area contributed by atoms with Crippen LogP contribution in [0.2, 0.25) is 0 Å². The van der Waals surface area contributed by atoms with Crippen molar-refractivity contribution in [2.75, 3.05) is 20.8 Å². The second-order valence-electron chi connectivity index (χ2n) is 5.99. The first-order valence-corrected chi connectivity index (χ1v) is 8.39. The lowest BCUT2D eigenvalue weighted by atomic mass is 10.1. The van der Waals surface area contributed by atoms with Gasteiger partial charge in [-0.05, 0) is 57.5 Å². The summed E-state index contributed by atoms with van der Waals surface area (Å²) >= 11 is 0. The third-order valence-electron chi connectivity index (χ3n) is 3.27. The van der Waals surface area contributed by atoms with Crippen LogP contribution in [0.5, 0.6) is 0 Å². The SMILES string of the molecule is CNCc1cc(C)c(C)c(S(=O)(=O)NC(C)(C)COC)c1. The van der Waals surface area contributed by atoms with Crippen LogP contribution in [0.25, 0.3) is 0 Å². The average Bonchev–Trinajstić information content (AvgIpc) is 2.32. The second kappa shape index (κ2) is 6.87.